The highest BCUT2D eigenvalue weighted by atomic mass is 16.5. The molecule has 0 aliphatic heterocycles. The number of hydrogen-bond donors (Lipinski definition) is 1. The van der Waals surface area contributed by atoms with Gasteiger partial charge < -0.3 is 19.5 Å². The van der Waals surface area contributed by atoms with E-state index < -0.39 is 6.10 Å². The molecule has 5 nitrogen and oxygen atoms in total. The summed E-state index contributed by atoms with van der Waals surface area (Å²) in [5, 5.41) is 10.0. The van der Waals surface area contributed by atoms with Gasteiger partial charge in [0.1, 0.15) is 0 Å². The fraction of sp³-hybridized carbons (Fsp3) is 0.462. The largest absolute Gasteiger partial charge is 0.493 e. The molecule has 0 aliphatic rings. The van der Waals surface area contributed by atoms with E-state index in [4.69, 9.17) is 9.47 Å². The predicted octanol–water partition coefficient (Wildman–Crippen LogP) is 1.22. The van der Waals surface area contributed by atoms with E-state index in [1.54, 1.807) is 32.4 Å². The van der Waals surface area contributed by atoms with Crippen molar-refractivity contribution in [2.45, 2.75) is 13.0 Å². The molecule has 0 spiro atoms. The fourth-order valence-corrected chi connectivity index (χ4v) is 1.55. The highest BCUT2D eigenvalue weighted by Gasteiger charge is 2.14. The summed E-state index contributed by atoms with van der Waals surface area (Å²) >= 11 is 0. The number of rotatable bonds is 5. The van der Waals surface area contributed by atoms with Gasteiger partial charge in [0.25, 0.3) is 0 Å². The molecule has 0 heterocycles. The maximum absolute atomic E-state index is 11.1. The number of ether oxygens (including phenoxy) is 2. The Balaban J connectivity index is 2.86. The Bertz CT molecular complexity index is 419. The van der Waals surface area contributed by atoms with E-state index in [-0.39, 0.29) is 12.5 Å². The van der Waals surface area contributed by atoms with Crippen LogP contribution in [0.25, 0.3) is 0 Å². The Morgan fingerprint density at radius 1 is 1.33 bits per heavy atom. The van der Waals surface area contributed by atoms with Gasteiger partial charge in [-0.1, -0.05) is 6.07 Å². The minimum atomic E-state index is -0.751. The van der Waals surface area contributed by atoms with Crippen molar-refractivity contribution >= 4 is 5.91 Å². The van der Waals surface area contributed by atoms with Gasteiger partial charge in [0.15, 0.2) is 11.5 Å². The van der Waals surface area contributed by atoms with E-state index in [0.29, 0.717) is 17.1 Å². The third-order valence-electron chi connectivity index (χ3n) is 2.78. The molecular formula is C13H19NO4. The Hall–Kier alpha value is -1.75. The standard InChI is InChI=1S/C13H19NO4/c1-9(15)14(2)8-11(16)10-5-6-12(17-3)13(7-10)18-4/h5-7,11,16H,8H2,1-4H3. The van der Waals surface area contributed by atoms with Gasteiger partial charge in [-0.25, -0.2) is 0 Å². The summed E-state index contributed by atoms with van der Waals surface area (Å²) in [4.78, 5) is 12.6. The lowest BCUT2D eigenvalue weighted by Crippen LogP contribution is -2.28. The number of hydrogen-bond acceptors (Lipinski definition) is 4. The number of benzene rings is 1. The van der Waals surface area contributed by atoms with Crippen LogP contribution >= 0.6 is 0 Å². The quantitative estimate of drug-likeness (QED) is 0.857. The Kier molecular flexibility index (Phi) is 4.97. The van der Waals surface area contributed by atoms with Gasteiger partial charge in [-0.2, -0.15) is 0 Å². The van der Waals surface area contributed by atoms with E-state index in [2.05, 4.69) is 0 Å². The lowest BCUT2D eigenvalue weighted by atomic mass is 10.1. The molecule has 1 rings (SSSR count). The van der Waals surface area contributed by atoms with Crippen LogP contribution in [0.3, 0.4) is 0 Å². The number of amides is 1. The SMILES string of the molecule is COc1ccc(C(O)CN(C)C(C)=O)cc1OC. The number of methoxy groups -OCH3 is 2. The molecule has 0 saturated carbocycles. The van der Waals surface area contributed by atoms with Crippen LogP contribution in [0.1, 0.15) is 18.6 Å². The van der Waals surface area contributed by atoms with Crippen molar-refractivity contribution in [1.29, 1.82) is 0 Å². The van der Waals surface area contributed by atoms with Crippen LogP contribution in [0.4, 0.5) is 0 Å². The smallest absolute Gasteiger partial charge is 0.219 e. The van der Waals surface area contributed by atoms with Crippen LogP contribution in [0.5, 0.6) is 11.5 Å². The summed E-state index contributed by atoms with van der Waals surface area (Å²) in [7, 11) is 4.74. The first-order valence-corrected chi connectivity index (χ1v) is 5.61. The number of aliphatic hydroxyl groups is 1. The zero-order valence-corrected chi connectivity index (χ0v) is 11.1. The van der Waals surface area contributed by atoms with Crippen molar-refractivity contribution in [2.75, 3.05) is 27.8 Å². The third-order valence-corrected chi connectivity index (χ3v) is 2.78. The summed E-state index contributed by atoms with van der Waals surface area (Å²) in [6.45, 7) is 1.70. The van der Waals surface area contributed by atoms with Crippen LogP contribution in [-0.4, -0.2) is 43.7 Å². The van der Waals surface area contributed by atoms with Crippen molar-refractivity contribution in [3.8, 4) is 11.5 Å². The minimum Gasteiger partial charge on any atom is -0.493 e. The van der Waals surface area contributed by atoms with E-state index in [1.807, 2.05) is 0 Å². The highest BCUT2D eigenvalue weighted by molar-refractivity contribution is 5.72. The van der Waals surface area contributed by atoms with E-state index in [1.165, 1.54) is 18.9 Å². The van der Waals surface area contributed by atoms with Crippen LogP contribution in [0.2, 0.25) is 0 Å². The molecule has 1 unspecified atom stereocenters. The first kappa shape index (κ1) is 14.3. The predicted molar refractivity (Wildman–Crippen MR) is 67.8 cm³/mol. The van der Waals surface area contributed by atoms with Crippen molar-refractivity contribution in [3.05, 3.63) is 23.8 Å². The van der Waals surface area contributed by atoms with Gasteiger partial charge in [0.05, 0.1) is 26.9 Å². The van der Waals surface area contributed by atoms with Gasteiger partial charge in [0.2, 0.25) is 5.91 Å². The normalized spacial score (nSPS) is 11.8. The van der Waals surface area contributed by atoms with Crippen LogP contribution in [0.15, 0.2) is 18.2 Å². The summed E-state index contributed by atoms with van der Waals surface area (Å²) < 4.78 is 10.3. The van der Waals surface area contributed by atoms with E-state index >= 15 is 0 Å². The molecular weight excluding hydrogens is 234 g/mol. The van der Waals surface area contributed by atoms with E-state index in [9.17, 15) is 9.90 Å². The molecule has 0 aromatic heterocycles. The summed E-state index contributed by atoms with van der Waals surface area (Å²) in [5.41, 5.74) is 0.681. The van der Waals surface area contributed by atoms with Gasteiger partial charge >= 0.3 is 0 Å². The van der Waals surface area contributed by atoms with Crippen LogP contribution in [-0.2, 0) is 4.79 Å². The summed E-state index contributed by atoms with van der Waals surface area (Å²) in [6.07, 6.45) is -0.751. The number of carbonyl (C=O) groups is 1. The Morgan fingerprint density at radius 2 is 1.94 bits per heavy atom. The second-order valence-electron chi connectivity index (χ2n) is 4.03. The van der Waals surface area contributed by atoms with Crippen molar-refractivity contribution in [2.24, 2.45) is 0 Å². The lowest BCUT2D eigenvalue weighted by Gasteiger charge is -2.20. The molecule has 18 heavy (non-hydrogen) atoms. The minimum absolute atomic E-state index is 0.0884. The Morgan fingerprint density at radius 3 is 2.44 bits per heavy atom. The maximum atomic E-state index is 11.1. The topological polar surface area (TPSA) is 59.0 Å². The van der Waals surface area contributed by atoms with Crippen LogP contribution in [0, 0.1) is 0 Å². The molecule has 1 N–H and O–H groups in total. The fourth-order valence-electron chi connectivity index (χ4n) is 1.55. The zero-order chi connectivity index (χ0) is 13.7. The third kappa shape index (κ3) is 3.37. The number of carbonyl (C=O) groups excluding carboxylic acids is 1. The first-order chi connectivity index (χ1) is 8.49. The average molecular weight is 253 g/mol. The molecule has 1 amide bonds. The Labute approximate surface area is 107 Å². The molecule has 0 bridgehead atoms. The second kappa shape index (κ2) is 6.26. The molecule has 0 radical (unpaired) electrons. The second-order valence-corrected chi connectivity index (χ2v) is 4.03. The molecule has 0 saturated heterocycles. The number of nitrogens with zero attached hydrogens (tertiary/aromatic N) is 1. The highest BCUT2D eigenvalue weighted by Crippen LogP contribution is 2.30. The maximum Gasteiger partial charge on any atom is 0.219 e. The van der Waals surface area contributed by atoms with Crippen LogP contribution < -0.4 is 9.47 Å². The van der Waals surface area contributed by atoms with Gasteiger partial charge in [0, 0.05) is 14.0 Å². The van der Waals surface area contributed by atoms with Crippen molar-refractivity contribution in [1.82, 2.24) is 4.90 Å². The molecule has 0 fully saturated rings. The average Bonchev–Trinajstić information content (AvgIpc) is 2.37. The first-order valence-electron chi connectivity index (χ1n) is 5.61. The van der Waals surface area contributed by atoms with Gasteiger partial charge in [-0.3, -0.25) is 4.79 Å². The number of aliphatic hydroxyl groups excluding tert-OH is 1. The lowest BCUT2D eigenvalue weighted by molar-refractivity contribution is -0.128. The number of likely N-dealkylation sites (N-methyl/N-ethyl adjacent to an activating group) is 1. The molecule has 5 heteroatoms. The van der Waals surface area contributed by atoms with Crippen molar-refractivity contribution < 1.29 is 19.4 Å². The van der Waals surface area contributed by atoms with Crippen molar-refractivity contribution in [3.63, 3.8) is 0 Å². The monoisotopic (exact) mass is 253 g/mol. The molecule has 100 valence electrons. The zero-order valence-electron chi connectivity index (χ0n) is 11.1. The summed E-state index contributed by atoms with van der Waals surface area (Å²) in [6, 6.07) is 5.18. The molecule has 1 aromatic carbocycles. The molecule has 0 aliphatic carbocycles. The summed E-state index contributed by atoms with van der Waals surface area (Å²) in [5.74, 6) is 1.07. The molecule has 1 aromatic rings. The van der Waals surface area contributed by atoms with E-state index in [0.717, 1.165) is 0 Å². The van der Waals surface area contributed by atoms with Gasteiger partial charge in [-0.05, 0) is 17.7 Å². The molecule has 1 atom stereocenters. The van der Waals surface area contributed by atoms with Gasteiger partial charge in [-0.15, -0.1) is 0 Å².